The van der Waals surface area contributed by atoms with Gasteiger partial charge in [-0.25, -0.2) is 0 Å². The Hall–Kier alpha value is -1.94. The molecule has 0 atom stereocenters. The summed E-state index contributed by atoms with van der Waals surface area (Å²) < 4.78 is 2.78. The summed E-state index contributed by atoms with van der Waals surface area (Å²) in [5.74, 6) is 0. The molecule has 128 valence electrons. The van der Waals surface area contributed by atoms with Crippen molar-refractivity contribution in [3.8, 4) is 0 Å². The Labute approximate surface area is 153 Å². The van der Waals surface area contributed by atoms with Crippen molar-refractivity contribution in [2.75, 3.05) is 28.2 Å². The van der Waals surface area contributed by atoms with Crippen molar-refractivity contribution in [3.63, 3.8) is 0 Å². The maximum absolute atomic E-state index is 2.40. The molecule has 0 amide bonds. The van der Waals surface area contributed by atoms with Crippen molar-refractivity contribution >= 4 is 42.3 Å². The quantitative estimate of drug-likeness (QED) is 0.492. The van der Waals surface area contributed by atoms with E-state index >= 15 is 0 Å². The largest absolute Gasteiger partial charge is 0.305 e. The number of rotatable bonds is 4. The minimum atomic E-state index is 0.969. The Morgan fingerprint density at radius 1 is 0.720 bits per heavy atom. The lowest BCUT2D eigenvalue weighted by Gasteiger charge is -2.13. The van der Waals surface area contributed by atoms with E-state index in [0.29, 0.717) is 0 Å². The zero-order valence-corrected chi connectivity index (χ0v) is 16.2. The smallest absolute Gasteiger partial charge is 0.0365 e. The Balaban J connectivity index is 2.04. The highest BCUT2D eigenvalue weighted by molar-refractivity contribution is 7.26. The summed E-state index contributed by atoms with van der Waals surface area (Å²) in [6, 6.07) is 18.2. The summed E-state index contributed by atoms with van der Waals surface area (Å²) in [6.45, 7) is 1.94. The van der Waals surface area contributed by atoms with Crippen molar-refractivity contribution < 1.29 is 0 Å². The third-order valence-electron chi connectivity index (χ3n) is 4.61. The maximum Gasteiger partial charge on any atom is 0.0365 e. The first-order valence-electron chi connectivity index (χ1n) is 8.68. The molecule has 0 bridgehead atoms. The lowest BCUT2D eigenvalue weighted by molar-refractivity contribution is 0.403. The summed E-state index contributed by atoms with van der Waals surface area (Å²) in [5, 5.41) is 5.57. The second kappa shape index (κ2) is 6.41. The van der Waals surface area contributed by atoms with Crippen LogP contribution in [-0.2, 0) is 13.1 Å². The third kappa shape index (κ3) is 3.04. The van der Waals surface area contributed by atoms with Crippen LogP contribution in [0.25, 0.3) is 30.9 Å². The van der Waals surface area contributed by atoms with E-state index < -0.39 is 0 Å². The molecule has 0 N–H and O–H groups in total. The highest BCUT2D eigenvalue weighted by Gasteiger charge is 2.13. The van der Waals surface area contributed by atoms with E-state index in [1.807, 2.05) is 11.3 Å². The van der Waals surface area contributed by atoms with Gasteiger partial charge >= 0.3 is 0 Å². The predicted molar refractivity (Wildman–Crippen MR) is 112 cm³/mol. The third-order valence-corrected chi connectivity index (χ3v) is 5.73. The molecule has 0 aliphatic rings. The fourth-order valence-corrected chi connectivity index (χ4v) is 4.86. The summed E-state index contributed by atoms with van der Waals surface area (Å²) in [4.78, 5) is 4.47. The van der Waals surface area contributed by atoms with Crippen LogP contribution in [0.4, 0.5) is 0 Å². The molecule has 25 heavy (non-hydrogen) atoms. The van der Waals surface area contributed by atoms with Gasteiger partial charge in [0, 0.05) is 33.3 Å². The van der Waals surface area contributed by atoms with Gasteiger partial charge in [-0.05, 0) is 68.3 Å². The van der Waals surface area contributed by atoms with Gasteiger partial charge in [-0.3, -0.25) is 0 Å². The second-order valence-electron chi connectivity index (χ2n) is 7.36. The number of nitrogens with zero attached hydrogens (tertiary/aromatic N) is 2. The van der Waals surface area contributed by atoms with Crippen LogP contribution in [0.3, 0.4) is 0 Å². The van der Waals surface area contributed by atoms with Gasteiger partial charge in [0.15, 0.2) is 0 Å². The van der Waals surface area contributed by atoms with Crippen molar-refractivity contribution in [1.29, 1.82) is 0 Å². The first kappa shape index (κ1) is 16.5. The molecule has 1 heterocycles. The molecular weight excluding hydrogens is 324 g/mol. The number of hydrogen-bond acceptors (Lipinski definition) is 3. The molecule has 3 heteroatoms. The van der Waals surface area contributed by atoms with Gasteiger partial charge in [-0.15, -0.1) is 11.3 Å². The van der Waals surface area contributed by atoms with E-state index in [1.165, 1.54) is 42.1 Å². The van der Waals surface area contributed by atoms with Gasteiger partial charge < -0.3 is 9.80 Å². The fourth-order valence-electron chi connectivity index (χ4n) is 3.70. The Morgan fingerprint density at radius 2 is 1.44 bits per heavy atom. The van der Waals surface area contributed by atoms with E-state index in [1.54, 1.807) is 0 Å². The van der Waals surface area contributed by atoms with Gasteiger partial charge in [0.2, 0.25) is 0 Å². The monoisotopic (exact) mass is 348 g/mol. The van der Waals surface area contributed by atoms with Crippen LogP contribution in [0.1, 0.15) is 11.1 Å². The molecule has 4 rings (SSSR count). The van der Waals surface area contributed by atoms with Crippen LogP contribution in [0.5, 0.6) is 0 Å². The van der Waals surface area contributed by atoms with Crippen molar-refractivity contribution in [2.24, 2.45) is 0 Å². The van der Waals surface area contributed by atoms with Crippen molar-refractivity contribution in [1.82, 2.24) is 9.80 Å². The van der Waals surface area contributed by atoms with E-state index in [-0.39, 0.29) is 0 Å². The molecule has 4 aromatic rings. The summed E-state index contributed by atoms with van der Waals surface area (Å²) >= 11 is 1.91. The minimum Gasteiger partial charge on any atom is -0.305 e. The molecule has 0 fully saturated rings. The number of thiophene rings is 1. The van der Waals surface area contributed by atoms with Crippen molar-refractivity contribution in [2.45, 2.75) is 13.1 Å². The number of hydrogen-bond donors (Lipinski definition) is 0. The van der Waals surface area contributed by atoms with Gasteiger partial charge in [-0.1, -0.05) is 30.3 Å². The van der Waals surface area contributed by atoms with Crippen LogP contribution < -0.4 is 0 Å². The fraction of sp³-hybridized carbons (Fsp3) is 0.273. The molecule has 0 spiro atoms. The normalized spacial score (nSPS) is 12.2. The van der Waals surface area contributed by atoms with Crippen LogP contribution in [-0.4, -0.2) is 38.0 Å². The Kier molecular flexibility index (Phi) is 4.24. The summed E-state index contributed by atoms with van der Waals surface area (Å²) in [7, 11) is 8.52. The molecule has 2 nitrogen and oxygen atoms in total. The topological polar surface area (TPSA) is 6.48 Å². The SMILES string of the molecule is CN(C)Cc1ccc2sc3cc(CN(C)C)c4ccccc4c3c2c1. The lowest BCUT2D eigenvalue weighted by Crippen LogP contribution is -2.10. The average Bonchev–Trinajstić information content (AvgIpc) is 2.91. The molecule has 0 aliphatic heterocycles. The van der Waals surface area contributed by atoms with E-state index in [0.717, 1.165) is 13.1 Å². The van der Waals surface area contributed by atoms with E-state index in [2.05, 4.69) is 86.5 Å². The van der Waals surface area contributed by atoms with Crippen LogP contribution >= 0.6 is 11.3 Å². The Bertz CT molecular complexity index is 1060. The first-order chi connectivity index (χ1) is 12.0. The van der Waals surface area contributed by atoms with Gasteiger partial charge in [0.25, 0.3) is 0 Å². The zero-order chi connectivity index (χ0) is 17.6. The van der Waals surface area contributed by atoms with Gasteiger partial charge in [-0.2, -0.15) is 0 Å². The number of benzene rings is 3. The standard InChI is InChI=1S/C22H24N2S/c1-23(2)13-15-9-10-20-19(11-15)22-18-8-6-5-7-17(18)16(14-24(3)4)12-21(22)25-20/h5-12H,13-14H2,1-4H3. The highest BCUT2D eigenvalue weighted by Crippen LogP contribution is 2.40. The van der Waals surface area contributed by atoms with Gasteiger partial charge in [0.05, 0.1) is 0 Å². The molecular formula is C22H24N2S. The highest BCUT2D eigenvalue weighted by atomic mass is 32.1. The van der Waals surface area contributed by atoms with Crippen LogP contribution in [0.15, 0.2) is 48.5 Å². The summed E-state index contributed by atoms with van der Waals surface area (Å²) in [5.41, 5.74) is 2.78. The lowest BCUT2D eigenvalue weighted by atomic mass is 9.98. The molecule has 1 aromatic heterocycles. The number of fused-ring (bicyclic) bond motifs is 5. The Morgan fingerprint density at radius 3 is 2.16 bits per heavy atom. The second-order valence-corrected chi connectivity index (χ2v) is 8.45. The maximum atomic E-state index is 2.40. The zero-order valence-electron chi connectivity index (χ0n) is 15.3. The van der Waals surface area contributed by atoms with Gasteiger partial charge in [0.1, 0.15) is 0 Å². The minimum absolute atomic E-state index is 0.969. The molecule has 0 unspecified atom stereocenters. The van der Waals surface area contributed by atoms with E-state index in [9.17, 15) is 0 Å². The van der Waals surface area contributed by atoms with Crippen LogP contribution in [0, 0.1) is 0 Å². The average molecular weight is 349 g/mol. The van der Waals surface area contributed by atoms with Crippen LogP contribution in [0.2, 0.25) is 0 Å². The molecule has 0 aliphatic carbocycles. The van der Waals surface area contributed by atoms with E-state index in [4.69, 9.17) is 0 Å². The predicted octanol–water partition coefficient (Wildman–Crippen LogP) is 5.33. The van der Waals surface area contributed by atoms with Crippen molar-refractivity contribution in [3.05, 3.63) is 59.7 Å². The first-order valence-corrected chi connectivity index (χ1v) is 9.50. The molecule has 0 saturated heterocycles. The molecule has 0 saturated carbocycles. The molecule has 0 radical (unpaired) electrons. The summed E-state index contributed by atoms with van der Waals surface area (Å²) in [6.07, 6.45) is 0. The molecule has 3 aromatic carbocycles.